The second kappa shape index (κ2) is 11.5. The first-order valence-corrected chi connectivity index (χ1v) is 8.38. The van der Waals surface area contributed by atoms with Gasteiger partial charge in [-0.15, -0.1) is 24.8 Å². The molecule has 2 rings (SSSR count). The summed E-state index contributed by atoms with van der Waals surface area (Å²) in [6.45, 7) is 6.02. The Morgan fingerprint density at radius 1 is 1.09 bits per heavy atom. The van der Waals surface area contributed by atoms with Gasteiger partial charge >= 0.3 is 0 Å². The van der Waals surface area contributed by atoms with Crippen LogP contribution in [-0.2, 0) is 9.53 Å². The maximum Gasteiger partial charge on any atom is 0.223 e. The summed E-state index contributed by atoms with van der Waals surface area (Å²) in [6.07, 6.45) is 6.67. The molecule has 0 radical (unpaired) electrons. The van der Waals surface area contributed by atoms with Crippen molar-refractivity contribution in [3.8, 4) is 0 Å². The lowest BCUT2D eigenvalue weighted by Gasteiger charge is -2.39. The third-order valence-corrected chi connectivity index (χ3v) is 5.21. The molecule has 1 heterocycles. The number of methoxy groups -OCH3 is 1. The summed E-state index contributed by atoms with van der Waals surface area (Å²) in [5.74, 6) is 0.314. The molecule has 0 aromatic carbocycles. The van der Waals surface area contributed by atoms with Gasteiger partial charge in [0.05, 0.1) is 6.61 Å². The molecule has 2 aliphatic rings. The highest BCUT2D eigenvalue weighted by atomic mass is 35.5. The second-order valence-corrected chi connectivity index (χ2v) is 6.66. The predicted octanol–water partition coefficient (Wildman–Crippen LogP) is 1.92. The first-order chi connectivity index (χ1) is 10.2. The summed E-state index contributed by atoms with van der Waals surface area (Å²) in [7, 11) is 1.73. The summed E-state index contributed by atoms with van der Waals surface area (Å²) in [6, 6.07) is 0. The standard InChI is InChI=1S/C16H31N3O2.2ClH/c1-21-12-11-18-7-9-19(10-8-18)15(20)13-16(14-17)5-3-2-4-6-16;;/h2-14,17H2,1H3;2*1H. The summed E-state index contributed by atoms with van der Waals surface area (Å²) in [5, 5.41) is 0. The zero-order chi connectivity index (χ0) is 15.1. The lowest BCUT2D eigenvalue weighted by molar-refractivity contribution is -0.136. The average molecular weight is 370 g/mol. The van der Waals surface area contributed by atoms with E-state index in [0.29, 0.717) is 18.9 Å². The van der Waals surface area contributed by atoms with Crippen LogP contribution >= 0.6 is 24.8 Å². The van der Waals surface area contributed by atoms with Crippen molar-refractivity contribution in [2.24, 2.45) is 11.1 Å². The summed E-state index contributed by atoms with van der Waals surface area (Å²) < 4.78 is 5.11. The van der Waals surface area contributed by atoms with Crippen LogP contribution in [0.5, 0.6) is 0 Å². The van der Waals surface area contributed by atoms with Crippen LogP contribution in [0.3, 0.4) is 0 Å². The lowest BCUT2D eigenvalue weighted by Crippen LogP contribution is -2.50. The van der Waals surface area contributed by atoms with Crippen molar-refractivity contribution in [2.75, 3.05) is 53.0 Å². The van der Waals surface area contributed by atoms with Gasteiger partial charge in [-0.05, 0) is 24.8 Å². The van der Waals surface area contributed by atoms with Crippen molar-refractivity contribution in [1.29, 1.82) is 0 Å². The fourth-order valence-corrected chi connectivity index (χ4v) is 3.63. The number of hydrogen-bond donors (Lipinski definition) is 1. The van der Waals surface area contributed by atoms with Crippen molar-refractivity contribution < 1.29 is 9.53 Å². The zero-order valence-electron chi connectivity index (χ0n) is 14.3. The Morgan fingerprint density at radius 3 is 2.22 bits per heavy atom. The van der Waals surface area contributed by atoms with Gasteiger partial charge in [0, 0.05) is 46.3 Å². The van der Waals surface area contributed by atoms with Gasteiger partial charge in [0.25, 0.3) is 0 Å². The molecule has 0 atom stereocenters. The van der Waals surface area contributed by atoms with E-state index in [2.05, 4.69) is 4.90 Å². The molecule has 138 valence electrons. The SMILES string of the molecule is COCCN1CCN(C(=O)CC2(CN)CCCCC2)CC1.Cl.Cl. The van der Waals surface area contributed by atoms with E-state index in [1.807, 2.05) is 4.90 Å². The third kappa shape index (κ3) is 6.75. The van der Waals surface area contributed by atoms with E-state index < -0.39 is 0 Å². The highest BCUT2D eigenvalue weighted by Gasteiger charge is 2.35. The normalized spacial score (nSPS) is 21.2. The fraction of sp³-hybridized carbons (Fsp3) is 0.938. The smallest absolute Gasteiger partial charge is 0.223 e. The Labute approximate surface area is 153 Å². The van der Waals surface area contributed by atoms with Crippen molar-refractivity contribution in [1.82, 2.24) is 9.80 Å². The molecule has 0 aromatic heterocycles. The second-order valence-electron chi connectivity index (χ2n) is 6.66. The van der Waals surface area contributed by atoms with Gasteiger partial charge in [0.2, 0.25) is 5.91 Å². The summed E-state index contributed by atoms with van der Waals surface area (Å²) >= 11 is 0. The number of hydrogen-bond acceptors (Lipinski definition) is 4. The Bertz CT molecular complexity index is 331. The van der Waals surface area contributed by atoms with Crippen molar-refractivity contribution >= 4 is 30.7 Å². The van der Waals surface area contributed by atoms with E-state index in [1.54, 1.807) is 7.11 Å². The van der Waals surface area contributed by atoms with Gasteiger partial charge in [-0.2, -0.15) is 0 Å². The zero-order valence-corrected chi connectivity index (χ0v) is 15.9. The number of piperazine rings is 1. The Balaban J connectivity index is 0.00000242. The Morgan fingerprint density at radius 2 is 1.70 bits per heavy atom. The Kier molecular flexibility index (Phi) is 11.4. The number of amides is 1. The van der Waals surface area contributed by atoms with Crippen LogP contribution in [0.25, 0.3) is 0 Å². The van der Waals surface area contributed by atoms with Crippen LogP contribution in [0.15, 0.2) is 0 Å². The van der Waals surface area contributed by atoms with E-state index in [1.165, 1.54) is 19.3 Å². The van der Waals surface area contributed by atoms with Crippen LogP contribution < -0.4 is 5.73 Å². The molecule has 1 aliphatic heterocycles. The van der Waals surface area contributed by atoms with E-state index in [9.17, 15) is 4.79 Å². The van der Waals surface area contributed by atoms with Gasteiger partial charge in [0.1, 0.15) is 0 Å². The molecule has 7 heteroatoms. The largest absolute Gasteiger partial charge is 0.383 e. The molecule has 2 fully saturated rings. The number of rotatable bonds is 6. The van der Waals surface area contributed by atoms with Crippen molar-refractivity contribution in [2.45, 2.75) is 38.5 Å². The van der Waals surface area contributed by atoms with Gasteiger partial charge in [0.15, 0.2) is 0 Å². The molecule has 0 unspecified atom stereocenters. The number of ether oxygens (including phenoxy) is 1. The van der Waals surface area contributed by atoms with Crippen LogP contribution in [0.4, 0.5) is 0 Å². The molecule has 1 saturated carbocycles. The first kappa shape index (κ1) is 22.9. The molecular weight excluding hydrogens is 337 g/mol. The molecule has 0 aromatic rings. The van der Waals surface area contributed by atoms with Gasteiger partial charge in [-0.3, -0.25) is 9.69 Å². The topological polar surface area (TPSA) is 58.8 Å². The lowest BCUT2D eigenvalue weighted by atomic mass is 9.71. The maximum atomic E-state index is 12.6. The predicted molar refractivity (Wildman–Crippen MR) is 98.6 cm³/mol. The minimum Gasteiger partial charge on any atom is -0.383 e. The van der Waals surface area contributed by atoms with Gasteiger partial charge in [-0.25, -0.2) is 0 Å². The van der Waals surface area contributed by atoms with Crippen LogP contribution in [0, 0.1) is 5.41 Å². The first-order valence-electron chi connectivity index (χ1n) is 8.38. The van der Waals surface area contributed by atoms with Crippen molar-refractivity contribution in [3.05, 3.63) is 0 Å². The fourth-order valence-electron chi connectivity index (χ4n) is 3.63. The van der Waals surface area contributed by atoms with E-state index in [0.717, 1.165) is 52.2 Å². The monoisotopic (exact) mass is 369 g/mol. The quantitative estimate of drug-likeness (QED) is 0.776. The highest BCUT2D eigenvalue weighted by Crippen LogP contribution is 2.38. The van der Waals surface area contributed by atoms with E-state index >= 15 is 0 Å². The average Bonchev–Trinajstić information content (AvgIpc) is 2.54. The minimum atomic E-state index is 0. The van der Waals surface area contributed by atoms with Gasteiger partial charge in [-0.1, -0.05) is 19.3 Å². The number of nitrogens with two attached hydrogens (primary N) is 1. The van der Waals surface area contributed by atoms with Crippen molar-refractivity contribution in [3.63, 3.8) is 0 Å². The Hall–Kier alpha value is -0.0700. The number of nitrogens with zero attached hydrogens (tertiary/aromatic N) is 2. The molecule has 2 N–H and O–H groups in total. The molecule has 1 amide bonds. The summed E-state index contributed by atoms with van der Waals surface area (Å²) in [5.41, 5.74) is 6.09. The number of halogens is 2. The number of carbonyl (C=O) groups excluding carboxylic acids is 1. The molecular formula is C16H33Cl2N3O2. The highest BCUT2D eigenvalue weighted by molar-refractivity contribution is 5.85. The van der Waals surface area contributed by atoms with Crippen LogP contribution in [0.1, 0.15) is 38.5 Å². The minimum absolute atomic E-state index is 0. The van der Waals surface area contributed by atoms with E-state index in [4.69, 9.17) is 10.5 Å². The molecule has 5 nitrogen and oxygen atoms in total. The molecule has 23 heavy (non-hydrogen) atoms. The van der Waals surface area contributed by atoms with Crippen LogP contribution in [-0.4, -0.2) is 68.7 Å². The van der Waals surface area contributed by atoms with E-state index in [-0.39, 0.29) is 30.2 Å². The van der Waals surface area contributed by atoms with Gasteiger partial charge < -0.3 is 15.4 Å². The maximum absolute atomic E-state index is 12.6. The summed E-state index contributed by atoms with van der Waals surface area (Å²) in [4.78, 5) is 17.0. The molecule has 1 aliphatic carbocycles. The number of carbonyl (C=O) groups is 1. The molecule has 0 bridgehead atoms. The molecule has 0 spiro atoms. The molecule has 1 saturated heterocycles. The van der Waals surface area contributed by atoms with Crippen LogP contribution in [0.2, 0.25) is 0 Å². The third-order valence-electron chi connectivity index (χ3n) is 5.21.